The summed E-state index contributed by atoms with van der Waals surface area (Å²) in [6.45, 7) is 3.99. The molecule has 0 radical (unpaired) electrons. The largest absolute Gasteiger partial charge is 0.391 e. The highest BCUT2D eigenvalue weighted by Gasteiger charge is 2.22. The van der Waals surface area contributed by atoms with Gasteiger partial charge < -0.3 is 15.3 Å². The van der Waals surface area contributed by atoms with Crippen LogP contribution in [0, 0.1) is 11.5 Å². The minimum atomic E-state index is -0.289. The van der Waals surface area contributed by atoms with Crippen molar-refractivity contribution >= 4 is 5.96 Å². The smallest absolute Gasteiger partial charge is 0.210 e. The molecule has 0 aromatic heterocycles. The monoisotopic (exact) mass is 182 g/mol. The van der Waals surface area contributed by atoms with Gasteiger partial charge >= 0.3 is 0 Å². The van der Waals surface area contributed by atoms with Crippen molar-refractivity contribution in [3.05, 3.63) is 0 Å². The Morgan fingerprint density at radius 3 is 3.08 bits per heavy atom. The van der Waals surface area contributed by atoms with E-state index in [2.05, 4.69) is 10.3 Å². The molecule has 5 nitrogen and oxygen atoms in total. The second-order valence-corrected chi connectivity index (χ2v) is 2.95. The van der Waals surface area contributed by atoms with Crippen molar-refractivity contribution in [1.29, 1.82) is 5.26 Å². The maximum absolute atomic E-state index is 9.28. The Morgan fingerprint density at radius 1 is 1.85 bits per heavy atom. The molecule has 13 heavy (non-hydrogen) atoms. The second-order valence-electron chi connectivity index (χ2n) is 2.95. The molecule has 1 aliphatic heterocycles. The summed E-state index contributed by atoms with van der Waals surface area (Å²) in [6.07, 6.45) is 2.20. The Kier molecular flexibility index (Phi) is 3.53. The fraction of sp³-hybridized carbons (Fsp3) is 0.750. The predicted octanol–water partition coefficient (Wildman–Crippen LogP) is -0.500. The van der Waals surface area contributed by atoms with E-state index in [9.17, 15) is 5.11 Å². The normalized spacial score (nSPS) is 23.0. The lowest BCUT2D eigenvalue weighted by atomic mass is 10.3. The van der Waals surface area contributed by atoms with Gasteiger partial charge in [-0.05, 0) is 13.3 Å². The summed E-state index contributed by atoms with van der Waals surface area (Å²) in [7, 11) is 0. The Labute approximate surface area is 77.7 Å². The van der Waals surface area contributed by atoms with Crippen molar-refractivity contribution in [2.75, 3.05) is 19.6 Å². The molecule has 1 aliphatic rings. The lowest BCUT2D eigenvalue weighted by Gasteiger charge is -2.19. The third-order valence-electron chi connectivity index (χ3n) is 1.95. The summed E-state index contributed by atoms with van der Waals surface area (Å²) in [5.41, 5.74) is 0. The number of hydrogen-bond donors (Lipinski definition) is 2. The number of nitrogens with one attached hydrogen (secondary N) is 1. The molecular formula is C8H14N4O. The van der Waals surface area contributed by atoms with E-state index in [1.807, 2.05) is 11.8 Å². The Hall–Kier alpha value is -1.28. The number of likely N-dealkylation sites (tertiary alicyclic amines) is 1. The van der Waals surface area contributed by atoms with Gasteiger partial charge in [0.15, 0.2) is 0 Å². The first-order chi connectivity index (χ1) is 6.27. The highest BCUT2D eigenvalue weighted by atomic mass is 16.3. The van der Waals surface area contributed by atoms with Crippen molar-refractivity contribution in [1.82, 2.24) is 10.2 Å². The number of nitrogens with zero attached hydrogens (tertiary/aromatic N) is 3. The van der Waals surface area contributed by atoms with Crippen LogP contribution in [0.4, 0.5) is 0 Å². The molecule has 2 N–H and O–H groups in total. The molecule has 0 aliphatic carbocycles. The van der Waals surface area contributed by atoms with E-state index in [0.717, 1.165) is 19.5 Å². The average molecular weight is 182 g/mol. The van der Waals surface area contributed by atoms with E-state index in [1.54, 1.807) is 6.19 Å². The molecule has 0 spiro atoms. The lowest BCUT2D eigenvalue weighted by Crippen LogP contribution is -2.40. The molecule has 0 bridgehead atoms. The number of aliphatic imine (C=N–C) groups is 1. The van der Waals surface area contributed by atoms with Crippen LogP contribution >= 0.6 is 0 Å². The van der Waals surface area contributed by atoms with Gasteiger partial charge in [-0.1, -0.05) is 0 Å². The molecule has 1 heterocycles. The van der Waals surface area contributed by atoms with Crippen molar-refractivity contribution in [3.8, 4) is 6.19 Å². The molecule has 0 saturated carbocycles. The summed E-state index contributed by atoms with van der Waals surface area (Å²) in [5.74, 6) is 0.571. The molecule has 5 heteroatoms. The zero-order valence-electron chi connectivity index (χ0n) is 7.69. The van der Waals surface area contributed by atoms with Gasteiger partial charge in [0.25, 0.3) is 0 Å². The molecule has 0 aromatic rings. The molecule has 72 valence electrons. The van der Waals surface area contributed by atoms with Crippen LogP contribution in [-0.4, -0.2) is 41.7 Å². The second kappa shape index (κ2) is 4.67. The summed E-state index contributed by atoms with van der Waals surface area (Å²) < 4.78 is 0. The maximum Gasteiger partial charge on any atom is 0.210 e. The van der Waals surface area contributed by atoms with Crippen LogP contribution in [0.5, 0.6) is 0 Å². The third kappa shape index (κ3) is 2.60. The van der Waals surface area contributed by atoms with E-state index in [0.29, 0.717) is 12.5 Å². The van der Waals surface area contributed by atoms with Gasteiger partial charge in [-0.3, -0.25) is 0 Å². The molecule has 0 aromatic carbocycles. The minimum Gasteiger partial charge on any atom is -0.391 e. The van der Waals surface area contributed by atoms with Crippen LogP contribution in [-0.2, 0) is 0 Å². The van der Waals surface area contributed by atoms with Crippen LogP contribution in [0.1, 0.15) is 13.3 Å². The Balaban J connectivity index is 2.56. The van der Waals surface area contributed by atoms with Gasteiger partial charge in [0.05, 0.1) is 6.10 Å². The van der Waals surface area contributed by atoms with E-state index in [-0.39, 0.29) is 6.10 Å². The van der Waals surface area contributed by atoms with Gasteiger partial charge in [-0.15, -0.1) is 4.99 Å². The maximum atomic E-state index is 9.28. The first kappa shape index (κ1) is 9.81. The fourth-order valence-electron chi connectivity index (χ4n) is 1.36. The summed E-state index contributed by atoms with van der Waals surface area (Å²) in [6, 6.07) is 0. The topological polar surface area (TPSA) is 71.7 Å². The van der Waals surface area contributed by atoms with E-state index in [1.165, 1.54) is 0 Å². The predicted molar refractivity (Wildman–Crippen MR) is 48.9 cm³/mol. The quantitative estimate of drug-likeness (QED) is 0.326. The number of rotatable bonds is 1. The van der Waals surface area contributed by atoms with Crippen molar-refractivity contribution in [2.24, 2.45) is 4.99 Å². The zero-order chi connectivity index (χ0) is 9.68. The minimum absolute atomic E-state index is 0.289. The van der Waals surface area contributed by atoms with Gasteiger partial charge in [0.2, 0.25) is 12.2 Å². The first-order valence-corrected chi connectivity index (χ1v) is 4.41. The number of guanidine groups is 1. The Morgan fingerprint density at radius 2 is 2.62 bits per heavy atom. The standard InChI is InChI=1S/C8H14N4O/c1-2-10-8(11-6-9)12-4-3-7(13)5-12/h7,13H,2-5H2,1H3,(H,10,11)/t7-/m0/s1. The number of aliphatic hydroxyl groups is 1. The van der Waals surface area contributed by atoms with Crippen LogP contribution < -0.4 is 5.32 Å². The third-order valence-corrected chi connectivity index (χ3v) is 1.95. The van der Waals surface area contributed by atoms with Gasteiger partial charge in [0, 0.05) is 19.6 Å². The van der Waals surface area contributed by atoms with Gasteiger partial charge in [-0.2, -0.15) is 5.26 Å². The number of aliphatic hydroxyl groups excluding tert-OH is 1. The van der Waals surface area contributed by atoms with Gasteiger partial charge in [-0.25, -0.2) is 0 Å². The average Bonchev–Trinajstić information content (AvgIpc) is 2.51. The van der Waals surface area contributed by atoms with Crippen LogP contribution in [0.2, 0.25) is 0 Å². The van der Waals surface area contributed by atoms with Crippen molar-refractivity contribution in [2.45, 2.75) is 19.4 Å². The SMILES string of the molecule is CCN/C(=N/C#N)N1CC[C@H](O)C1. The van der Waals surface area contributed by atoms with E-state index >= 15 is 0 Å². The van der Waals surface area contributed by atoms with Crippen LogP contribution in [0.15, 0.2) is 4.99 Å². The van der Waals surface area contributed by atoms with Crippen LogP contribution in [0.25, 0.3) is 0 Å². The molecule has 0 amide bonds. The summed E-state index contributed by atoms with van der Waals surface area (Å²) >= 11 is 0. The fourth-order valence-corrected chi connectivity index (χ4v) is 1.36. The molecule has 0 unspecified atom stereocenters. The highest BCUT2D eigenvalue weighted by molar-refractivity contribution is 5.81. The highest BCUT2D eigenvalue weighted by Crippen LogP contribution is 2.08. The molecule has 1 fully saturated rings. The lowest BCUT2D eigenvalue weighted by molar-refractivity contribution is 0.188. The van der Waals surface area contributed by atoms with Gasteiger partial charge in [0.1, 0.15) is 0 Å². The Bertz CT molecular complexity index is 233. The van der Waals surface area contributed by atoms with E-state index in [4.69, 9.17) is 5.26 Å². The molecular weight excluding hydrogens is 168 g/mol. The molecule has 1 saturated heterocycles. The molecule has 1 rings (SSSR count). The number of β-amino-alcohol motifs (C(OH)–C–C–N with tert-alkyl or cyclic N) is 1. The van der Waals surface area contributed by atoms with Crippen molar-refractivity contribution in [3.63, 3.8) is 0 Å². The van der Waals surface area contributed by atoms with Crippen molar-refractivity contribution < 1.29 is 5.11 Å². The van der Waals surface area contributed by atoms with Crippen LogP contribution in [0.3, 0.4) is 0 Å². The van der Waals surface area contributed by atoms with E-state index < -0.39 is 0 Å². The zero-order valence-corrected chi connectivity index (χ0v) is 7.69. The first-order valence-electron chi connectivity index (χ1n) is 4.41. The summed E-state index contributed by atoms with van der Waals surface area (Å²) in [4.78, 5) is 5.54. The number of nitriles is 1. The summed E-state index contributed by atoms with van der Waals surface area (Å²) in [5, 5.41) is 20.7. The molecule has 1 atom stereocenters. The number of hydrogen-bond acceptors (Lipinski definition) is 3.